The van der Waals surface area contributed by atoms with Crippen LogP contribution in [0.1, 0.15) is 48.2 Å². The van der Waals surface area contributed by atoms with Crippen LogP contribution in [0.15, 0.2) is 12.1 Å². The number of aryl methyl sites for hydroxylation is 1. The largest absolute Gasteiger partial charge is 0.477 e. The van der Waals surface area contributed by atoms with Gasteiger partial charge in [-0.15, -0.1) is 0 Å². The molecule has 2 rings (SSSR count). The fourth-order valence-electron chi connectivity index (χ4n) is 3.47. The Kier molecular flexibility index (Phi) is 11.4. The molecule has 0 aliphatic carbocycles. The highest BCUT2D eigenvalue weighted by Gasteiger charge is 2.24. The van der Waals surface area contributed by atoms with Crippen molar-refractivity contribution in [2.75, 3.05) is 31.5 Å². The molecule has 2 unspecified atom stereocenters. The van der Waals surface area contributed by atoms with Gasteiger partial charge in [0.15, 0.2) is 5.56 Å². The van der Waals surface area contributed by atoms with Crippen molar-refractivity contribution in [3.63, 3.8) is 0 Å². The summed E-state index contributed by atoms with van der Waals surface area (Å²) in [4.78, 5) is 25.9. The average molecular weight is 531 g/mol. The van der Waals surface area contributed by atoms with E-state index in [1.54, 1.807) is 13.8 Å². The maximum absolute atomic E-state index is 14.0. The molecular formula is C23H32F2N4O6S. The second kappa shape index (κ2) is 14.0. The van der Waals surface area contributed by atoms with Crippen molar-refractivity contribution in [2.45, 2.75) is 52.4 Å². The van der Waals surface area contributed by atoms with Gasteiger partial charge < -0.3 is 25.4 Å². The molecule has 10 nitrogen and oxygen atoms in total. The number of carbonyl (C=O) groups is 2. The predicted octanol–water partition coefficient (Wildman–Crippen LogP) is 2.97. The highest BCUT2D eigenvalue weighted by molar-refractivity contribution is 7.11. The van der Waals surface area contributed by atoms with Crippen molar-refractivity contribution >= 4 is 28.5 Å². The van der Waals surface area contributed by atoms with Gasteiger partial charge in [-0.2, -0.15) is 4.37 Å². The molecule has 0 spiro atoms. The first kappa shape index (κ1) is 29.4. The number of carboxylic acid groups (broad SMARTS) is 1. The number of ether oxygens (including phenoxy) is 1. The number of unbranched alkanes of at least 4 members (excludes halogenated alkanes) is 1. The van der Waals surface area contributed by atoms with Crippen molar-refractivity contribution in [3.05, 3.63) is 40.5 Å². The Balaban J connectivity index is 1.88. The number of hydrogen-bond donors (Lipinski definition) is 5. The first-order chi connectivity index (χ1) is 17.0. The van der Waals surface area contributed by atoms with E-state index in [0.29, 0.717) is 56.1 Å². The molecule has 200 valence electrons. The molecule has 13 heteroatoms. The number of carboxylic acids is 1. The summed E-state index contributed by atoms with van der Waals surface area (Å²) in [5.41, 5.74) is -0.393. The van der Waals surface area contributed by atoms with Crippen LogP contribution in [0.5, 0.6) is 5.88 Å². The summed E-state index contributed by atoms with van der Waals surface area (Å²) in [5.74, 6) is -3.43. The second-order valence-electron chi connectivity index (χ2n) is 8.54. The van der Waals surface area contributed by atoms with Crippen LogP contribution in [0, 0.1) is 18.6 Å². The smallest absolute Gasteiger partial charge is 0.344 e. The Morgan fingerprint density at radius 2 is 1.75 bits per heavy atom. The van der Waals surface area contributed by atoms with Gasteiger partial charge in [0.2, 0.25) is 5.88 Å². The molecule has 0 radical (unpaired) electrons. The number of aliphatic hydroxyl groups is 2. The lowest BCUT2D eigenvalue weighted by molar-refractivity contribution is 0.0692. The number of aromatic nitrogens is 1. The Morgan fingerprint density at radius 3 is 2.31 bits per heavy atom. The zero-order chi connectivity index (χ0) is 26.8. The summed E-state index contributed by atoms with van der Waals surface area (Å²) in [6, 6.07) is 1.62. The normalized spacial score (nSPS) is 12.9. The molecule has 1 heterocycles. The number of aromatic carboxylic acids is 1. The van der Waals surface area contributed by atoms with Crippen LogP contribution in [0.25, 0.3) is 0 Å². The summed E-state index contributed by atoms with van der Waals surface area (Å²) in [7, 11) is 0. The number of benzene rings is 1. The Labute approximate surface area is 212 Å². The van der Waals surface area contributed by atoms with Crippen LogP contribution in [0.3, 0.4) is 0 Å². The molecule has 36 heavy (non-hydrogen) atoms. The van der Waals surface area contributed by atoms with E-state index >= 15 is 0 Å². The van der Waals surface area contributed by atoms with Crippen LogP contribution in [-0.4, -0.2) is 75.0 Å². The minimum absolute atomic E-state index is 0.0834. The average Bonchev–Trinajstić information content (AvgIpc) is 3.14. The van der Waals surface area contributed by atoms with Gasteiger partial charge in [0.25, 0.3) is 0 Å². The van der Waals surface area contributed by atoms with Gasteiger partial charge in [0.1, 0.15) is 23.2 Å². The second-order valence-corrected chi connectivity index (χ2v) is 9.31. The van der Waals surface area contributed by atoms with Crippen molar-refractivity contribution in [1.82, 2.24) is 14.6 Å². The number of nitrogens with zero attached hydrogens (tertiary/aromatic N) is 2. The zero-order valence-electron chi connectivity index (χ0n) is 20.4. The van der Waals surface area contributed by atoms with Crippen molar-refractivity contribution in [3.8, 4) is 5.88 Å². The van der Waals surface area contributed by atoms with Gasteiger partial charge in [-0.1, -0.05) is 0 Å². The van der Waals surface area contributed by atoms with E-state index in [1.807, 2.05) is 4.90 Å². The Bertz CT molecular complexity index is 1000. The molecule has 0 saturated heterocycles. The van der Waals surface area contributed by atoms with Crippen LogP contribution in [0.4, 0.5) is 18.6 Å². The van der Waals surface area contributed by atoms with Gasteiger partial charge >= 0.3 is 12.0 Å². The number of hydrogen-bond acceptors (Lipinski definition) is 8. The summed E-state index contributed by atoms with van der Waals surface area (Å²) in [6.45, 7) is 6.08. The van der Waals surface area contributed by atoms with E-state index in [4.69, 9.17) is 4.74 Å². The fourth-order valence-corrected chi connectivity index (χ4v) is 4.19. The van der Waals surface area contributed by atoms with Gasteiger partial charge in [-0.3, -0.25) is 10.2 Å². The van der Waals surface area contributed by atoms with Crippen molar-refractivity contribution in [1.29, 1.82) is 0 Å². The number of rotatable bonds is 14. The summed E-state index contributed by atoms with van der Waals surface area (Å²) in [6.07, 6.45) is 0.253. The number of carbonyl (C=O) groups excluding carboxylic acids is 1. The standard InChI is InChI=1S/C23H32F2N4O6S/c1-13-8-17(24)16(18(25)9-13)12-35-20-19(22(32)33)21(36-28-20)27-23(34)26-6-4-5-7-29(10-14(2)30)11-15(3)31/h8-9,14-15,30-31H,4-7,10-12H2,1-3H3,(H,32,33)(H2,26,27,34). The summed E-state index contributed by atoms with van der Waals surface area (Å²) >= 11 is 0.668. The maximum atomic E-state index is 14.0. The SMILES string of the molecule is Cc1cc(F)c(COc2nsc(NC(=O)NCCCCN(CC(C)O)CC(C)O)c2C(=O)O)c(F)c1. The van der Waals surface area contributed by atoms with Gasteiger partial charge in [0, 0.05) is 19.6 Å². The molecule has 0 fully saturated rings. The number of halogens is 2. The quantitative estimate of drug-likeness (QED) is 0.235. The third-order valence-corrected chi connectivity index (χ3v) is 5.72. The summed E-state index contributed by atoms with van der Waals surface area (Å²) in [5, 5.41) is 33.6. The molecule has 1 aromatic carbocycles. The van der Waals surface area contributed by atoms with E-state index in [9.17, 15) is 33.7 Å². The topological polar surface area (TPSA) is 144 Å². The fraction of sp³-hybridized carbons (Fsp3) is 0.522. The van der Waals surface area contributed by atoms with Crippen molar-refractivity contribution in [2.24, 2.45) is 0 Å². The molecular weight excluding hydrogens is 498 g/mol. The van der Waals surface area contributed by atoms with E-state index in [0.717, 1.165) is 12.1 Å². The van der Waals surface area contributed by atoms with Crippen LogP contribution >= 0.6 is 11.5 Å². The van der Waals surface area contributed by atoms with Crippen molar-refractivity contribution < 1.29 is 38.4 Å². The highest BCUT2D eigenvalue weighted by atomic mass is 32.1. The minimum Gasteiger partial charge on any atom is -0.477 e. The third kappa shape index (κ3) is 9.30. The van der Waals surface area contributed by atoms with Gasteiger partial charge in [-0.25, -0.2) is 18.4 Å². The van der Waals surface area contributed by atoms with E-state index in [2.05, 4.69) is 15.0 Å². The third-order valence-electron chi connectivity index (χ3n) is 4.97. The summed E-state index contributed by atoms with van der Waals surface area (Å²) < 4.78 is 37.2. The Hall–Kier alpha value is -2.87. The Morgan fingerprint density at radius 1 is 1.14 bits per heavy atom. The van der Waals surface area contributed by atoms with Crippen LogP contribution in [0.2, 0.25) is 0 Å². The zero-order valence-corrected chi connectivity index (χ0v) is 21.2. The molecule has 2 amide bonds. The van der Waals surface area contributed by atoms with Crippen LogP contribution in [-0.2, 0) is 6.61 Å². The van der Waals surface area contributed by atoms with E-state index in [-0.39, 0.29) is 16.4 Å². The lowest BCUT2D eigenvalue weighted by Crippen LogP contribution is -2.37. The lowest BCUT2D eigenvalue weighted by Gasteiger charge is -2.24. The number of nitrogens with one attached hydrogen (secondary N) is 2. The number of amides is 2. The molecule has 0 bridgehead atoms. The minimum atomic E-state index is -1.42. The lowest BCUT2D eigenvalue weighted by atomic mass is 10.1. The first-order valence-electron chi connectivity index (χ1n) is 11.4. The van der Waals surface area contributed by atoms with Gasteiger partial charge in [0.05, 0.1) is 17.8 Å². The molecule has 0 aliphatic rings. The van der Waals surface area contributed by atoms with E-state index < -0.39 is 48.0 Å². The molecule has 2 atom stereocenters. The predicted molar refractivity (Wildman–Crippen MR) is 131 cm³/mol. The number of urea groups is 1. The molecule has 1 aromatic heterocycles. The van der Waals surface area contributed by atoms with E-state index in [1.165, 1.54) is 6.92 Å². The maximum Gasteiger partial charge on any atom is 0.344 e. The first-order valence-corrected chi connectivity index (χ1v) is 12.2. The molecule has 5 N–H and O–H groups in total. The van der Waals surface area contributed by atoms with Gasteiger partial charge in [-0.05, 0) is 69.4 Å². The molecule has 0 aliphatic heterocycles. The van der Waals surface area contributed by atoms with Crippen LogP contribution < -0.4 is 15.4 Å². The highest BCUT2D eigenvalue weighted by Crippen LogP contribution is 2.31. The molecule has 2 aromatic rings. The number of anilines is 1. The monoisotopic (exact) mass is 530 g/mol. The number of aliphatic hydroxyl groups excluding tert-OH is 2. The molecule has 0 saturated carbocycles.